The van der Waals surface area contributed by atoms with Gasteiger partial charge < -0.3 is 5.73 Å². The number of thiophene rings is 1. The van der Waals surface area contributed by atoms with Crippen molar-refractivity contribution in [3.8, 4) is 17.2 Å². The van der Waals surface area contributed by atoms with Crippen molar-refractivity contribution in [3.05, 3.63) is 40.3 Å². The minimum Gasteiger partial charge on any atom is -0.389 e. The van der Waals surface area contributed by atoms with Crippen LogP contribution in [0.1, 0.15) is 42.2 Å². The van der Waals surface area contributed by atoms with Gasteiger partial charge in [-0.15, -0.1) is 11.3 Å². The third kappa shape index (κ3) is 2.50. The summed E-state index contributed by atoms with van der Waals surface area (Å²) < 4.78 is 0. The fourth-order valence-corrected chi connectivity index (χ4v) is 3.14. The summed E-state index contributed by atoms with van der Waals surface area (Å²) >= 11 is 1.49. The van der Waals surface area contributed by atoms with Crippen molar-refractivity contribution in [1.29, 1.82) is 5.26 Å². The number of nitrogens with zero attached hydrogens (tertiary/aromatic N) is 1. The van der Waals surface area contributed by atoms with E-state index in [0.29, 0.717) is 16.5 Å². The first-order valence-electron chi connectivity index (χ1n) is 6.47. The Balaban J connectivity index is 2.46. The molecule has 2 aromatic rings. The van der Waals surface area contributed by atoms with E-state index in [9.17, 15) is 5.26 Å². The standard InChI is InChI=1S/C16H18N2S/c1-4-10(2)12-5-7-13(8-6-12)15-11(3)19-16(18)14(15)9-17/h5-8,10H,4,18H2,1-3H3/t10-/m0/s1. The van der Waals surface area contributed by atoms with Gasteiger partial charge in [-0.1, -0.05) is 38.1 Å². The van der Waals surface area contributed by atoms with E-state index in [1.54, 1.807) is 0 Å². The van der Waals surface area contributed by atoms with Crippen LogP contribution in [0.3, 0.4) is 0 Å². The Kier molecular flexibility index (Phi) is 3.92. The monoisotopic (exact) mass is 270 g/mol. The highest BCUT2D eigenvalue weighted by Crippen LogP contribution is 2.37. The molecule has 2 rings (SSSR count). The topological polar surface area (TPSA) is 49.8 Å². The van der Waals surface area contributed by atoms with Crippen LogP contribution >= 0.6 is 11.3 Å². The summed E-state index contributed by atoms with van der Waals surface area (Å²) in [5.41, 5.74) is 9.90. The fraction of sp³-hybridized carbons (Fsp3) is 0.312. The highest BCUT2D eigenvalue weighted by molar-refractivity contribution is 7.16. The van der Waals surface area contributed by atoms with E-state index in [-0.39, 0.29) is 0 Å². The summed E-state index contributed by atoms with van der Waals surface area (Å²) in [4.78, 5) is 1.10. The molecule has 0 saturated carbocycles. The number of hydrogen-bond donors (Lipinski definition) is 1. The van der Waals surface area contributed by atoms with Gasteiger partial charge >= 0.3 is 0 Å². The molecule has 0 aliphatic carbocycles. The fourth-order valence-electron chi connectivity index (χ4n) is 2.24. The van der Waals surface area contributed by atoms with E-state index in [4.69, 9.17) is 5.73 Å². The highest BCUT2D eigenvalue weighted by Gasteiger charge is 2.15. The molecular formula is C16H18N2S. The van der Waals surface area contributed by atoms with Crippen LogP contribution in [0.25, 0.3) is 11.1 Å². The van der Waals surface area contributed by atoms with Gasteiger partial charge in [0.2, 0.25) is 0 Å². The van der Waals surface area contributed by atoms with Gasteiger partial charge in [-0.3, -0.25) is 0 Å². The van der Waals surface area contributed by atoms with E-state index in [2.05, 4.69) is 44.2 Å². The maximum atomic E-state index is 9.23. The Bertz CT molecular complexity index is 617. The molecule has 98 valence electrons. The van der Waals surface area contributed by atoms with Crippen molar-refractivity contribution in [2.75, 3.05) is 5.73 Å². The van der Waals surface area contributed by atoms with E-state index in [0.717, 1.165) is 22.4 Å². The summed E-state index contributed by atoms with van der Waals surface area (Å²) in [6, 6.07) is 10.7. The summed E-state index contributed by atoms with van der Waals surface area (Å²) in [6.07, 6.45) is 1.13. The second-order valence-corrected chi connectivity index (χ2v) is 6.07. The van der Waals surface area contributed by atoms with Gasteiger partial charge in [-0.05, 0) is 30.4 Å². The number of anilines is 1. The highest BCUT2D eigenvalue weighted by atomic mass is 32.1. The van der Waals surface area contributed by atoms with Gasteiger partial charge in [-0.2, -0.15) is 5.26 Å². The number of hydrogen-bond acceptors (Lipinski definition) is 3. The molecule has 0 amide bonds. The summed E-state index contributed by atoms with van der Waals surface area (Å²) in [5, 5.41) is 9.84. The molecule has 0 fully saturated rings. The zero-order valence-electron chi connectivity index (χ0n) is 11.5. The molecule has 0 radical (unpaired) electrons. The third-order valence-corrected chi connectivity index (χ3v) is 4.54. The lowest BCUT2D eigenvalue weighted by molar-refractivity contribution is 0.734. The van der Waals surface area contributed by atoms with Crippen LogP contribution in [-0.2, 0) is 0 Å². The molecule has 0 aliphatic heterocycles. The maximum Gasteiger partial charge on any atom is 0.105 e. The van der Waals surface area contributed by atoms with Crippen molar-refractivity contribution in [2.45, 2.75) is 33.1 Å². The summed E-state index contributed by atoms with van der Waals surface area (Å²) in [7, 11) is 0. The van der Waals surface area contributed by atoms with Gasteiger partial charge in [0.1, 0.15) is 11.1 Å². The molecule has 0 spiro atoms. The Morgan fingerprint density at radius 2 is 1.95 bits per heavy atom. The van der Waals surface area contributed by atoms with E-state index >= 15 is 0 Å². The predicted octanol–water partition coefficient (Wildman–Crippen LogP) is 4.69. The second-order valence-electron chi connectivity index (χ2n) is 4.82. The van der Waals surface area contributed by atoms with E-state index in [1.165, 1.54) is 16.9 Å². The Hall–Kier alpha value is -1.79. The van der Waals surface area contributed by atoms with E-state index < -0.39 is 0 Å². The molecule has 1 atom stereocenters. The molecule has 2 nitrogen and oxygen atoms in total. The number of nitrogens with two attached hydrogens (primary N) is 1. The molecule has 0 bridgehead atoms. The lowest BCUT2D eigenvalue weighted by atomic mass is 9.95. The van der Waals surface area contributed by atoms with Crippen LogP contribution in [0.2, 0.25) is 0 Å². The molecule has 0 unspecified atom stereocenters. The molecule has 3 heteroatoms. The van der Waals surface area contributed by atoms with Crippen molar-refractivity contribution >= 4 is 16.3 Å². The average molecular weight is 270 g/mol. The number of nitriles is 1. The van der Waals surface area contributed by atoms with Crippen LogP contribution in [0.5, 0.6) is 0 Å². The third-order valence-electron chi connectivity index (χ3n) is 3.60. The van der Waals surface area contributed by atoms with Gasteiger partial charge in [0, 0.05) is 10.4 Å². The first-order chi connectivity index (χ1) is 9.08. The molecule has 1 aromatic heterocycles. The maximum absolute atomic E-state index is 9.23. The zero-order valence-corrected chi connectivity index (χ0v) is 12.3. The Morgan fingerprint density at radius 3 is 2.47 bits per heavy atom. The number of nitrogen functional groups attached to an aromatic ring is 1. The van der Waals surface area contributed by atoms with Crippen LogP contribution < -0.4 is 5.73 Å². The largest absolute Gasteiger partial charge is 0.389 e. The Labute approximate surface area is 118 Å². The average Bonchev–Trinajstić information content (AvgIpc) is 2.72. The smallest absolute Gasteiger partial charge is 0.105 e. The molecule has 1 heterocycles. The molecule has 1 aromatic carbocycles. The zero-order chi connectivity index (χ0) is 14.0. The van der Waals surface area contributed by atoms with Gasteiger partial charge in [0.05, 0.1) is 5.56 Å². The van der Waals surface area contributed by atoms with Crippen molar-refractivity contribution in [3.63, 3.8) is 0 Å². The van der Waals surface area contributed by atoms with Gasteiger partial charge in [0.25, 0.3) is 0 Å². The number of benzene rings is 1. The lowest BCUT2D eigenvalue weighted by Gasteiger charge is -2.10. The second kappa shape index (κ2) is 5.46. The van der Waals surface area contributed by atoms with Crippen LogP contribution in [0, 0.1) is 18.3 Å². The van der Waals surface area contributed by atoms with Crippen LogP contribution in [-0.4, -0.2) is 0 Å². The van der Waals surface area contributed by atoms with Gasteiger partial charge in [0.15, 0.2) is 0 Å². The Morgan fingerprint density at radius 1 is 1.32 bits per heavy atom. The first-order valence-corrected chi connectivity index (χ1v) is 7.29. The molecule has 2 N–H and O–H groups in total. The molecule has 0 saturated heterocycles. The molecular weight excluding hydrogens is 252 g/mol. The summed E-state index contributed by atoms with van der Waals surface area (Å²) in [5.74, 6) is 0.568. The van der Waals surface area contributed by atoms with E-state index in [1.807, 2.05) is 6.92 Å². The van der Waals surface area contributed by atoms with Crippen molar-refractivity contribution < 1.29 is 0 Å². The minimum absolute atomic E-state index is 0.568. The SMILES string of the molecule is CC[C@H](C)c1ccc(-c2c(C)sc(N)c2C#N)cc1. The predicted molar refractivity (Wildman–Crippen MR) is 82.3 cm³/mol. The number of aryl methyl sites for hydroxylation is 1. The minimum atomic E-state index is 0.568. The lowest BCUT2D eigenvalue weighted by Crippen LogP contribution is -1.91. The molecule has 0 aliphatic rings. The quantitative estimate of drug-likeness (QED) is 0.879. The van der Waals surface area contributed by atoms with Gasteiger partial charge in [-0.25, -0.2) is 0 Å². The number of rotatable bonds is 3. The van der Waals surface area contributed by atoms with Crippen molar-refractivity contribution in [2.24, 2.45) is 0 Å². The summed E-state index contributed by atoms with van der Waals surface area (Å²) in [6.45, 7) is 6.43. The van der Waals surface area contributed by atoms with Crippen LogP contribution in [0.4, 0.5) is 5.00 Å². The normalized spacial score (nSPS) is 12.1. The molecule has 19 heavy (non-hydrogen) atoms. The first kappa shape index (κ1) is 13.6. The van der Waals surface area contributed by atoms with Crippen LogP contribution in [0.15, 0.2) is 24.3 Å². The van der Waals surface area contributed by atoms with Crippen molar-refractivity contribution in [1.82, 2.24) is 0 Å².